The first kappa shape index (κ1) is 16.4. The molecule has 0 aromatic heterocycles. The highest BCUT2D eigenvalue weighted by molar-refractivity contribution is 6.14. The Morgan fingerprint density at radius 3 is 2.35 bits per heavy atom. The molecule has 0 saturated carbocycles. The average Bonchev–Trinajstić information content (AvgIpc) is 2.72. The van der Waals surface area contributed by atoms with E-state index in [-0.39, 0.29) is 0 Å². The second kappa shape index (κ2) is 7.44. The third-order valence-electron chi connectivity index (χ3n) is 4.58. The monoisotopic (exact) mass is 343 g/mol. The highest BCUT2D eigenvalue weighted by atomic mass is 16.5. The highest BCUT2D eigenvalue weighted by Gasteiger charge is 2.19. The molecule has 0 amide bonds. The molecular formula is C23H21NO2. The van der Waals surface area contributed by atoms with E-state index in [1.165, 1.54) is 5.56 Å². The summed E-state index contributed by atoms with van der Waals surface area (Å²) in [6, 6.07) is 24.6. The summed E-state index contributed by atoms with van der Waals surface area (Å²) in [5.74, 6) is 1.52. The van der Waals surface area contributed by atoms with Crippen molar-refractivity contribution in [2.75, 3.05) is 13.7 Å². The van der Waals surface area contributed by atoms with E-state index in [4.69, 9.17) is 14.5 Å². The van der Waals surface area contributed by atoms with Gasteiger partial charge in [-0.15, -0.1) is 0 Å². The Balaban J connectivity index is 1.66. The van der Waals surface area contributed by atoms with Crippen molar-refractivity contribution in [1.29, 1.82) is 0 Å². The molecule has 0 fully saturated rings. The summed E-state index contributed by atoms with van der Waals surface area (Å²) in [6.45, 7) is 1.32. The van der Waals surface area contributed by atoms with Gasteiger partial charge in [0.25, 0.3) is 0 Å². The van der Waals surface area contributed by atoms with Crippen LogP contribution in [0.4, 0.5) is 0 Å². The molecule has 0 atom stereocenters. The van der Waals surface area contributed by atoms with Crippen LogP contribution in [0.15, 0.2) is 77.8 Å². The Hall–Kier alpha value is -3.07. The lowest BCUT2D eigenvalue weighted by Gasteiger charge is -2.20. The summed E-state index contributed by atoms with van der Waals surface area (Å²) < 4.78 is 11.7. The van der Waals surface area contributed by atoms with Crippen LogP contribution in [0.5, 0.6) is 11.5 Å². The van der Waals surface area contributed by atoms with Gasteiger partial charge in [-0.3, -0.25) is 4.99 Å². The van der Waals surface area contributed by atoms with E-state index in [1.54, 1.807) is 7.11 Å². The number of hydrogen-bond acceptors (Lipinski definition) is 3. The zero-order valence-electron chi connectivity index (χ0n) is 14.8. The molecule has 1 aliphatic heterocycles. The minimum absolute atomic E-state index is 0.523. The van der Waals surface area contributed by atoms with Gasteiger partial charge >= 0.3 is 0 Å². The molecule has 1 aliphatic rings. The maximum atomic E-state index is 6.06. The standard InChI is InChI=1S/C23H21NO2/c1-25-21-15-20-19(12-13-24-23(20)18-10-6-3-7-11-18)14-22(21)26-16-17-8-4-2-5-9-17/h2-11,14-15H,12-13,16H2,1H3. The molecule has 0 aliphatic carbocycles. The van der Waals surface area contributed by atoms with Crippen molar-refractivity contribution >= 4 is 5.71 Å². The predicted octanol–water partition coefficient (Wildman–Crippen LogP) is 4.67. The largest absolute Gasteiger partial charge is 0.493 e. The lowest BCUT2D eigenvalue weighted by Crippen LogP contribution is -2.15. The van der Waals surface area contributed by atoms with Crippen LogP contribution >= 0.6 is 0 Å². The normalized spacial score (nSPS) is 12.9. The van der Waals surface area contributed by atoms with Crippen LogP contribution in [-0.2, 0) is 13.0 Å². The molecule has 3 heteroatoms. The maximum Gasteiger partial charge on any atom is 0.161 e. The van der Waals surface area contributed by atoms with E-state index >= 15 is 0 Å². The molecule has 130 valence electrons. The van der Waals surface area contributed by atoms with Crippen LogP contribution in [0.2, 0.25) is 0 Å². The van der Waals surface area contributed by atoms with Gasteiger partial charge in [0.05, 0.1) is 12.8 Å². The van der Waals surface area contributed by atoms with Crippen molar-refractivity contribution in [3.05, 3.63) is 95.1 Å². The van der Waals surface area contributed by atoms with Gasteiger partial charge in [0.2, 0.25) is 0 Å². The first-order valence-corrected chi connectivity index (χ1v) is 8.83. The third kappa shape index (κ3) is 3.33. The van der Waals surface area contributed by atoms with E-state index in [0.717, 1.165) is 46.9 Å². The van der Waals surface area contributed by atoms with Crippen LogP contribution in [-0.4, -0.2) is 19.4 Å². The first-order chi connectivity index (χ1) is 12.8. The molecule has 0 saturated heterocycles. The van der Waals surface area contributed by atoms with Crippen molar-refractivity contribution in [3.63, 3.8) is 0 Å². The summed E-state index contributed by atoms with van der Waals surface area (Å²) >= 11 is 0. The first-order valence-electron chi connectivity index (χ1n) is 8.83. The molecule has 0 radical (unpaired) electrons. The number of rotatable bonds is 5. The van der Waals surface area contributed by atoms with E-state index in [1.807, 2.05) is 36.4 Å². The quantitative estimate of drug-likeness (QED) is 0.674. The average molecular weight is 343 g/mol. The molecule has 3 aromatic rings. The fraction of sp³-hybridized carbons (Fsp3) is 0.174. The van der Waals surface area contributed by atoms with Gasteiger partial charge < -0.3 is 9.47 Å². The summed E-state index contributed by atoms with van der Waals surface area (Å²) in [5.41, 5.74) is 5.68. The summed E-state index contributed by atoms with van der Waals surface area (Å²) in [6.07, 6.45) is 0.914. The molecule has 1 heterocycles. The number of benzene rings is 3. The van der Waals surface area contributed by atoms with Gasteiger partial charge in [0, 0.05) is 17.7 Å². The minimum atomic E-state index is 0.523. The minimum Gasteiger partial charge on any atom is -0.493 e. The molecule has 26 heavy (non-hydrogen) atoms. The maximum absolute atomic E-state index is 6.06. The number of ether oxygens (including phenoxy) is 2. The van der Waals surface area contributed by atoms with Crippen molar-refractivity contribution in [2.45, 2.75) is 13.0 Å². The Kier molecular flexibility index (Phi) is 4.69. The second-order valence-electron chi connectivity index (χ2n) is 6.28. The number of hydrogen-bond donors (Lipinski definition) is 0. The van der Waals surface area contributed by atoms with Gasteiger partial charge in [0.15, 0.2) is 11.5 Å². The van der Waals surface area contributed by atoms with Gasteiger partial charge in [-0.1, -0.05) is 60.7 Å². The molecule has 0 unspecified atom stereocenters. The Bertz CT molecular complexity index is 918. The van der Waals surface area contributed by atoms with E-state index in [2.05, 4.69) is 36.4 Å². The molecule has 0 spiro atoms. The summed E-state index contributed by atoms with van der Waals surface area (Å²) in [4.78, 5) is 4.76. The molecular weight excluding hydrogens is 322 g/mol. The molecule has 0 bridgehead atoms. The third-order valence-corrected chi connectivity index (χ3v) is 4.58. The zero-order chi connectivity index (χ0) is 17.8. The Morgan fingerprint density at radius 2 is 1.62 bits per heavy atom. The van der Waals surface area contributed by atoms with Gasteiger partial charge in [-0.25, -0.2) is 0 Å². The molecule has 4 rings (SSSR count). The molecule has 3 nitrogen and oxygen atoms in total. The van der Waals surface area contributed by atoms with Gasteiger partial charge in [0.1, 0.15) is 6.61 Å². The van der Waals surface area contributed by atoms with Crippen LogP contribution in [0, 0.1) is 0 Å². The fourth-order valence-corrected chi connectivity index (χ4v) is 3.25. The predicted molar refractivity (Wildman–Crippen MR) is 104 cm³/mol. The fourth-order valence-electron chi connectivity index (χ4n) is 3.25. The Labute approximate surface area is 153 Å². The van der Waals surface area contributed by atoms with Crippen LogP contribution in [0.3, 0.4) is 0 Å². The van der Waals surface area contributed by atoms with E-state index in [0.29, 0.717) is 6.61 Å². The smallest absolute Gasteiger partial charge is 0.161 e. The van der Waals surface area contributed by atoms with Gasteiger partial charge in [-0.2, -0.15) is 0 Å². The second-order valence-corrected chi connectivity index (χ2v) is 6.28. The summed E-state index contributed by atoms with van der Waals surface area (Å²) in [7, 11) is 1.68. The zero-order valence-corrected chi connectivity index (χ0v) is 14.8. The number of aliphatic imine (C=N–C) groups is 1. The lowest BCUT2D eigenvalue weighted by atomic mass is 9.93. The number of fused-ring (bicyclic) bond motifs is 1. The Morgan fingerprint density at radius 1 is 0.885 bits per heavy atom. The van der Waals surface area contributed by atoms with Crippen LogP contribution in [0.1, 0.15) is 22.3 Å². The van der Waals surface area contributed by atoms with Crippen LogP contribution < -0.4 is 9.47 Å². The SMILES string of the molecule is COc1cc2c(cc1OCc1ccccc1)CCN=C2c1ccccc1. The molecule has 3 aromatic carbocycles. The van der Waals surface area contributed by atoms with Gasteiger partial charge in [-0.05, 0) is 29.7 Å². The molecule has 0 N–H and O–H groups in total. The van der Waals surface area contributed by atoms with Crippen LogP contribution in [0.25, 0.3) is 0 Å². The number of methoxy groups -OCH3 is 1. The topological polar surface area (TPSA) is 30.8 Å². The summed E-state index contributed by atoms with van der Waals surface area (Å²) in [5, 5.41) is 0. The van der Waals surface area contributed by atoms with E-state index < -0.39 is 0 Å². The van der Waals surface area contributed by atoms with Crippen molar-refractivity contribution in [2.24, 2.45) is 4.99 Å². The van der Waals surface area contributed by atoms with Crippen molar-refractivity contribution in [1.82, 2.24) is 0 Å². The lowest BCUT2D eigenvalue weighted by molar-refractivity contribution is 0.284. The highest BCUT2D eigenvalue weighted by Crippen LogP contribution is 2.34. The van der Waals surface area contributed by atoms with E-state index in [9.17, 15) is 0 Å². The van der Waals surface area contributed by atoms with Crippen molar-refractivity contribution < 1.29 is 9.47 Å². The number of nitrogens with zero attached hydrogens (tertiary/aromatic N) is 1. The van der Waals surface area contributed by atoms with Crippen molar-refractivity contribution in [3.8, 4) is 11.5 Å².